The molecule has 0 saturated heterocycles. The second-order valence-electron chi connectivity index (χ2n) is 3.04. The Labute approximate surface area is 70.2 Å². The molecule has 11 heavy (non-hydrogen) atoms. The van der Waals surface area contributed by atoms with Crippen molar-refractivity contribution < 1.29 is 0 Å². The Morgan fingerprint density at radius 3 is 2.36 bits per heavy atom. The average molecular weight is 153 g/mol. The summed E-state index contributed by atoms with van der Waals surface area (Å²) in [6, 6.07) is 0. The van der Waals surface area contributed by atoms with Crippen molar-refractivity contribution in [2.75, 3.05) is 7.05 Å². The SMILES string of the molecule is CCCCC(C=C(C)C)=NC. The minimum absolute atomic E-state index is 1.12. The highest BCUT2D eigenvalue weighted by Crippen LogP contribution is 2.00. The molecule has 0 radical (unpaired) electrons. The Kier molecular flexibility index (Phi) is 5.81. The van der Waals surface area contributed by atoms with Crippen molar-refractivity contribution in [3.8, 4) is 0 Å². The number of allylic oxidation sites excluding steroid dienone is 2. The zero-order valence-corrected chi connectivity index (χ0v) is 8.15. The van der Waals surface area contributed by atoms with Crippen molar-refractivity contribution >= 4 is 5.71 Å². The first kappa shape index (κ1) is 10.4. The van der Waals surface area contributed by atoms with Crippen LogP contribution in [0.5, 0.6) is 0 Å². The standard InChI is InChI=1S/C10H19N/c1-5-6-7-10(11-4)8-9(2)3/h8H,5-7H2,1-4H3. The van der Waals surface area contributed by atoms with Gasteiger partial charge in [0.25, 0.3) is 0 Å². The predicted octanol–water partition coefficient (Wildman–Crippen LogP) is 3.21. The molecule has 0 bridgehead atoms. The summed E-state index contributed by atoms with van der Waals surface area (Å²) >= 11 is 0. The quantitative estimate of drug-likeness (QED) is 0.550. The van der Waals surface area contributed by atoms with Gasteiger partial charge in [0.1, 0.15) is 0 Å². The molecule has 0 atom stereocenters. The second-order valence-corrected chi connectivity index (χ2v) is 3.04. The average Bonchev–Trinajstić information content (AvgIpc) is 1.97. The van der Waals surface area contributed by atoms with Gasteiger partial charge in [-0.25, -0.2) is 0 Å². The Bertz CT molecular complexity index is 150. The van der Waals surface area contributed by atoms with E-state index in [0.717, 1.165) is 6.42 Å². The van der Waals surface area contributed by atoms with E-state index in [0.29, 0.717) is 0 Å². The molecule has 0 aromatic heterocycles. The monoisotopic (exact) mass is 153 g/mol. The largest absolute Gasteiger partial charge is 0.293 e. The van der Waals surface area contributed by atoms with Gasteiger partial charge in [-0.05, 0) is 32.8 Å². The zero-order chi connectivity index (χ0) is 8.69. The molecule has 0 heterocycles. The molecular formula is C10H19N. The Morgan fingerprint density at radius 1 is 1.36 bits per heavy atom. The summed E-state index contributed by atoms with van der Waals surface area (Å²) in [7, 11) is 1.87. The molecule has 0 fully saturated rings. The van der Waals surface area contributed by atoms with Crippen LogP contribution < -0.4 is 0 Å². The molecule has 0 aliphatic heterocycles. The lowest BCUT2D eigenvalue weighted by atomic mass is 10.1. The molecule has 0 N–H and O–H groups in total. The van der Waals surface area contributed by atoms with Crippen molar-refractivity contribution in [1.82, 2.24) is 0 Å². The van der Waals surface area contributed by atoms with E-state index in [4.69, 9.17) is 0 Å². The molecule has 1 heteroatoms. The van der Waals surface area contributed by atoms with E-state index in [1.807, 2.05) is 7.05 Å². The number of hydrogen-bond donors (Lipinski definition) is 0. The summed E-state index contributed by atoms with van der Waals surface area (Å²) in [4.78, 5) is 4.21. The van der Waals surface area contributed by atoms with Crippen LogP contribution in [-0.4, -0.2) is 12.8 Å². The predicted molar refractivity (Wildman–Crippen MR) is 52.3 cm³/mol. The van der Waals surface area contributed by atoms with Crippen LogP contribution in [0.1, 0.15) is 40.0 Å². The van der Waals surface area contributed by atoms with Crippen LogP contribution in [0.3, 0.4) is 0 Å². The summed E-state index contributed by atoms with van der Waals surface area (Å²) in [6.07, 6.45) is 5.78. The number of nitrogens with zero attached hydrogens (tertiary/aromatic N) is 1. The van der Waals surface area contributed by atoms with E-state index < -0.39 is 0 Å². The fraction of sp³-hybridized carbons (Fsp3) is 0.700. The minimum Gasteiger partial charge on any atom is -0.293 e. The van der Waals surface area contributed by atoms with Gasteiger partial charge >= 0.3 is 0 Å². The Morgan fingerprint density at radius 2 is 2.00 bits per heavy atom. The Hall–Kier alpha value is -0.590. The van der Waals surface area contributed by atoms with Crippen LogP contribution in [0.25, 0.3) is 0 Å². The maximum absolute atomic E-state index is 4.21. The van der Waals surface area contributed by atoms with Gasteiger partial charge in [-0.1, -0.05) is 18.9 Å². The molecule has 0 aliphatic carbocycles. The van der Waals surface area contributed by atoms with Crippen LogP contribution in [-0.2, 0) is 0 Å². The summed E-state index contributed by atoms with van der Waals surface area (Å²) in [5, 5.41) is 0. The highest BCUT2D eigenvalue weighted by atomic mass is 14.7. The molecule has 0 aromatic carbocycles. The smallest absolute Gasteiger partial charge is 0.0344 e. The third kappa shape index (κ3) is 5.84. The van der Waals surface area contributed by atoms with E-state index in [9.17, 15) is 0 Å². The first-order valence-corrected chi connectivity index (χ1v) is 4.31. The van der Waals surface area contributed by atoms with E-state index in [-0.39, 0.29) is 0 Å². The van der Waals surface area contributed by atoms with Crippen molar-refractivity contribution in [2.24, 2.45) is 4.99 Å². The maximum Gasteiger partial charge on any atom is 0.0344 e. The van der Waals surface area contributed by atoms with Gasteiger partial charge in [0, 0.05) is 12.8 Å². The van der Waals surface area contributed by atoms with Crippen LogP contribution in [0.15, 0.2) is 16.6 Å². The minimum atomic E-state index is 1.12. The molecule has 0 amide bonds. The molecule has 0 spiro atoms. The normalized spacial score (nSPS) is 11.5. The summed E-state index contributed by atoms with van der Waals surface area (Å²) in [5.41, 5.74) is 2.56. The Balaban J connectivity index is 3.89. The molecule has 0 aromatic rings. The van der Waals surface area contributed by atoms with Gasteiger partial charge in [0.15, 0.2) is 0 Å². The van der Waals surface area contributed by atoms with Crippen LogP contribution >= 0.6 is 0 Å². The van der Waals surface area contributed by atoms with Crippen molar-refractivity contribution in [1.29, 1.82) is 0 Å². The zero-order valence-electron chi connectivity index (χ0n) is 8.15. The van der Waals surface area contributed by atoms with Gasteiger partial charge < -0.3 is 0 Å². The number of hydrogen-bond acceptors (Lipinski definition) is 1. The second kappa shape index (κ2) is 6.14. The first-order valence-electron chi connectivity index (χ1n) is 4.31. The molecule has 64 valence electrons. The highest BCUT2D eigenvalue weighted by Gasteiger charge is 1.92. The topological polar surface area (TPSA) is 12.4 Å². The number of rotatable bonds is 4. The van der Waals surface area contributed by atoms with Gasteiger partial charge in [-0.2, -0.15) is 0 Å². The fourth-order valence-corrected chi connectivity index (χ4v) is 0.940. The third-order valence-electron chi connectivity index (χ3n) is 1.53. The number of aliphatic imine (C=N–C) groups is 1. The van der Waals surface area contributed by atoms with Crippen molar-refractivity contribution in [3.05, 3.63) is 11.6 Å². The van der Waals surface area contributed by atoms with Crippen LogP contribution in [0.4, 0.5) is 0 Å². The molecular weight excluding hydrogens is 134 g/mol. The van der Waals surface area contributed by atoms with E-state index in [1.165, 1.54) is 24.1 Å². The van der Waals surface area contributed by atoms with Crippen molar-refractivity contribution in [2.45, 2.75) is 40.0 Å². The number of unbranched alkanes of at least 4 members (excludes halogenated alkanes) is 1. The van der Waals surface area contributed by atoms with Gasteiger partial charge in [-0.15, -0.1) is 0 Å². The van der Waals surface area contributed by atoms with Crippen molar-refractivity contribution in [3.63, 3.8) is 0 Å². The maximum atomic E-state index is 4.21. The molecule has 0 saturated carbocycles. The van der Waals surface area contributed by atoms with Gasteiger partial charge in [0.05, 0.1) is 0 Å². The van der Waals surface area contributed by atoms with Gasteiger partial charge in [-0.3, -0.25) is 4.99 Å². The first-order chi connectivity index (χ1) is 5.20. The lowest BCUT2D eigenvalue weighted by Crippen LogP contribution is -1.93. The summed E-state index contributed by atoms with van der Waals surface area (Å²) < 4.78 is 0. The molecule has 0 unspecified atom stereocenters. The molecule has 0 rings (SSSR count). The van der Waals surface area contributed by atoms with Crippen LogP contribution in [0.2, 0.25) is 0 Å². The lowest BCUT2D eigenvalue weighted by molar-refractivity contribution is 0.835. The lowest BCUT2D eigenvalue weighted by Gasteiger charge is -1.98. The highest BCUT2D eigenvalue weighted by molar-refractivity contribution is 5.95. The van der Waals surface area contributed by atoms with E-state index >= 15 is 0 Å². The van der Waals surface area contributed by atoms with E-state index in [2.05, 4.69) is 31.8 Å². The van der Waals surface area contributed by atoms with Crippen LogP contribution in [0, 0.1) is 0 Å². The third-order valence-corrected chi connectivity index (χ3v) is 1.53. The summed E-state index contributed by atoms with van der Waals surface area (Å²) in [5.74, 6) is 0. The molecule has 1 nitrogen and oxygen atoms in total. The van der Waals surface area contributed by atoms with Gasteiger partial charge in [0.2, 0.25) is 0 Å². The van der Waals surface area contributed by atoms with E-state index in [1.54, 1.807) is 0 Å². The fourth-order valence-electron chi connectivity index (χ4n) is 0.940. The molecule has 0 aliphatic rings. The summed E-state index contributed by atoms with van der Waals surface area (Å²) in [6.45, 7) is 6.42.